The van der Waals surface area contributed by atoms with E-state index in [4.69, 9.17) is 47.4 Å². The second-order valence-corrected chi connectivity index (χ2v) is 25.7. The number of aliphatic hydroxyl groups is 9. The van der Waals surface area contributed by atoms with Crippen molar-refractivity contribution in [2.24, 2.45) is 35.5 Å². The second kappa shape index (κ2) is 33.6. The van der Waals surface area contributed by atoms with Crippen LogP contribution < -0.4 is 0 Å². The lowest BCUT2D eigenvalue weighted by Crippen LogP contribution is -2.67. The van der Waals surface area contributed by atoms with Crippen LogP contribution in [0.25, 0.3) is 0 Å². The summed E-state index contributed by atoms with van der Waals surface area (Å²) in [5.74, 6) is -12.2. The largest absolute Gasteiger partial charge is 0.508 e. The van der Waals surface area contributed by atoms with E-state index < -0.39 is 182 Å². The summed E-state index contributed by atoms with van der Waals surface area (Å²) in [5, 5.41) is 97.3. The Morgan fingerprint density at radius 1 is 0.800 bits per heavy atom. The smallest absolute Gasteiger partial charge is 0.460 e. The quantitative estimate of drug-likeness (QED) is 0.0766. The van der Waals surface area contributed by atoms with Crippen molar-refractivity contribution >= 4 is 35.4 Å². The van der Waals surface area contributed by atoms with Crippen molar-refractivity contribution in [2.45, 2.75) is 235 Å². The molecule has 9 N–H and O–H groups in total. The summed E-state index contributed by atoms with van der Waals surface area (Å²) >= 11 is 0. The summed E-state index contributed by atoms with van der Waals surface area (Å²) in [7, 11) is 4.28. The van der Waals surface area contributed by atoms with Crippen LogP contribution in [0.2, 0.25) is 0 Å². The Morgan fingerprint density at radius 3 is 2.20 bits per heavy atom. The molecule has 1 aliphatic carbocycles. The van der Waals surface area contributed by atoms with Crippen LogP contribution in [0.4, 0.5) is 4.79 Å². The summed E-state index contributed by atoms with van der Waals surface area (Å²) in [4.78, 5) is 86.4. The zero-order valence-corrected chi connectivity index (χ0v) is 53.5. The standard InChI is InChI=1S/C64H99NO25/c1-33-16-12-11-13-17-34(2)46(81-8)28-41-21-19-39(7)64(80,90-41)57(75)59(76)65-23-15-14-18-42(65)60(77)86-47(29-43(67)35(3)25-38(6)51(70)56(83-10)50(69)37(5)24-33)36(4)26-40-20-22-45(48(27-40)82-9)88-62(78)84-32-63(79)58(52(71)44(68)31-85-63)89-61-55(74)54(73)53(72)49(30-66)87-61/h11-13,16-17,25,33,35-37,39-42,44-49,51-56,58,61,66,68,70-74,79-80H,14-15,18-24,26-32H2,1-10H3/b13-11+,16-12-,34-17+,38-25+/t33-,35-,36-,37-,39-,40?,41+,42?,44-,45-,46+,47+,48-,49-,51-,52-,53-,54+,55-,56+,58+,61-,63+,64-/m1/s1. The van der Waals surface area contributed by atoms with Crippen molar-refractivity contribution in [1.29, 1.82) is 0 Å². The minimum atomic E-state index is -2.71. The molecule has 1 amide bonds. The zero-order chi connectivity index (χ0) is 66.5. The number of piperidine rings is 1. The van der Waals surface area contributed by atoms with E-state index in [0.29, 0.717) is 50.5 Å². The van der Waals surface area contributed by atoms with Gasteiger partial charge in [0.05, 0.1) is 31.5 Å². The number of esters is 1. The molecule has 4 saturated heterocycles. The maximum atomic E-state index is 14.7. The molecule has 5 fully saturated rings. The number of ether oxygens (including phenoxy) is 10. The summed E-state index contributed by atoms with van der Waals surface area (Å²) in [6, 6.07) is -1.28. The van der Waals surface area contributed by atoms with E-state index in [1.54, 1.807) is 47.8 Å². The number of hydrogen-bond acceptors (Lipinski definition) is 25. The highest BCUT2D eigenvalue weighted by molar-refractivity contribution is 6.39. The fourth-order valence-corrected chi connectivity index (χ4v) is 13.1. The van der Waals surface area contributed by atoms with Gasteiger partial charge in [-0.2, -0.15) is 0 Å². The van der Waals surface area contributed by atoms with Gasteiger partial charge < -0.3 is 98.2 Å². The van der Waals surface area contributed by atoms with Gasteiger partial charge in [0.25, 0.3) is 11.7 Å². The highest BCUT2D eigenvalue weighted by Crippen LogP contribution is 2.39. The Balaban J connectivity index is 1.21. The normalized spacial score (nSPS) is 42.7. The van der Waals surface area contributed by atoms with E-state index >= 15 is 0 Å². The molecule has 0 radical (unpaired) electrons. The van der Waals surface area contributed by atoms with Crippen LogP contribution in [-0.2, 0) is 71.3 Å². The number of aliphatic hydroxyl groups excluding tert-OH is 7. The predicted octanol–water partition coefficient (Wildman–Crippen LogP) is 1.97. The molecule has 0 aromatic carbocycles. The van der Waals surface area contributed by atoms with E-state index in [1.807, 2.05) is 44.2 Å². The molecule has 26 nitrogen and oxygen atoms in total. The number of cyclic esters (lactones) is 1. The van der Waals surface area contributed by atoms with Crippen molar-refractivity contribution < 1.29 is 122 Å². The monoisotopic (exact) mass is 1280 g/mol. The lowest BCUT2D eigenvalue weighted by atomic mass is 9.78. The van der Waals surface area contributed by atoms with Crippen LogP contribution in [0.15, 0.2) is 47.6 Å². The molecular formula is C64H99NO25. The van der Waals surface area contributed by atoms with Crippen LogP contribution in [-0.4, -0.2) is 243 Å². The van der Waals surface area contributed by atoms with Gasteiger partial charge in [0.2, 0.25) is 11.6 Å². The van der Waals surface area contributed by atoms with Crippen molar-refractivity contribution in [3.05, 3.63) is 47.6 Å². The fraction of sp³-hybridized carbons (Fsp3) is 0.781. The Morgan fingerprint density at radius 2 is 1.52 bits per heavy atom. The third kappa shape index (κ3) is 18.5. The number of carbonyl (C=O) groups is 6. The average molecular weight is 1280 g/mol. The lowest BCUT2D eigenvalue weighted by Gasteiger charge is -2.47. The number of carbonyl (C=O) groups excluding carboxylic acids is 6. The van der Waals surface area contributed by atoms with Gasteiger partial charge in [-0.1, -0.05) is 71.1 Å². The number of fused-ring (bicyclic) bond motifs is 3. The van der Waals surface area contributed by atoms with E-state index in [2.05, 4.69) is 0 Å². The number of Topliss-reactive ketones (excluding diaryl/α,β-unsaturated/α-hetero) is 3. The molecule has 0 spiro atoms. The van der Waals surface area contributed by atoms with Crippen LogP contribution in [0.5, 0.6) is 0 Å². The summed E-state index contributed by atoms with van der Waals surface area (Å²) < 4.78 is 57.0. The van der Waals surface area contributed by atoms with Crippen LogP contribution in [0.1, 0.15) is 126 Å². The molecule has 0 aromatic heterocycles. The van der Waals surface area contributed by atoms with Gasteiger partial charge in [0.1, 0.15) is 79.0 Å². The van der Waals surface area contributed by atoms with Gasteiger partial charge in [0, 0.05) is 58.5 Å². The zero-order valence-electron chi connectivity index (χ0n) is 53.5. The first-order chi connectivity index (χ1) is 42.5. The minimum absolute atomic E-state index is 0.0123. The van der Waals surface area contributed by atoms with Crippen LogP contribution in [0.3, 0.4) is 0 Å². The minimum Gasteiger partial charge on any atom is -0.460 e. The molecule has 510 valence electrons. The molecule has 2 bridgehead atoms. The molecule has 26 heteroatoms. The van der Waals surface area contributed by atoms with Gasteiger partial charge in [-0.15, -0.1) is 0 Å². The SMILES string of the molecule is CO[C@H]1C[C@@H]2CC[C@@H](C)[C@@](O)(O2)C(=O)C(=O)N2CCCCC2C(=O)O[C@H]([C@H](C)CC2CC[C@@H](OC(=O)OC[C@]3(O)OC[C@@H](O)[C@@H](O)[C@@H]3O[C@H]3O[C@H](CO)[C@@H](O)[C@H](O)[C@H]3O)[C@H](OC)C2)CC(=O)[C@H](C)/C=C(\C)[C@@H](O)[C@@H](OC)C(=O)[C@H](C)C[C@H](C)\C=C/C=C/C=C/1C. The van der Waals surface area contributed by atoms with Crippen molar-refractivity contribution in [1.82, 2.24) is 4.90 Å². The maximum absolute atomic E-state index is 14.7. The first kappa shape index (κ1) is 74.6. The fourth-order valence-electron chi connectivity index (χ4n) is 13.1. The van der Waals surface area contributed by atoms with E-state index in [1.165, 1.54) is 14.2 Å². The number of rotatable bonds is 12. The van der Waals surface area contributed by atoms with Gasteiger partial charge in [-0.3, -0.25) is 19.2 Å². The molecule has 1 saturated carbocycles. The van der Waals surface area contributed by atoms with Gasteiger partial charge in [0.15, 0.2) is 18.7 Å². The van der Waals surface area contributed by atoms with Crippen molar-refractivity contribution in [3.63, 3.8) is 0 Å². The molecule has 5 heterocycles. The molecule has 90 heavy (non-hydrogen) atoms. The third-order valence-corrected chi connectivity index (χ3v) is 18.9. The Hall–Kier alpha value is -4.46. The first-order valence-corrected chi connectivity index (χ1v) is 31.5. The second-order valence-electron chi connectivity index (χ2n) is 25.7. The first-order valence-electron chi connectivity index (χ1n) is 31.5. The highest BCUT2D eigenvalue weighted by atomic mass is 16.8. The van der Waals surface area contributed by atoms with E-state index in [-0.39, 0.29) is 56.3 Å². The third-order valence-electron chi connectivity index (χ3n) is 18.9. The van der Waals surface area contributed by atoms with Gasteiger partial charge in [-0.25, -0.2) is 9.59 Å². The Labute approximate surface area is 526 Å². The molecule has 0 aromatic rings. The van der Waals surface area contributed by atoms with E-state index in [9.17, 15) is 74.7 Å². The number of methoxy groups -OCH3 is 3. The maximum Gasteiger partial charge on any atom is 0.508 e. The van der Waals surface area contributed by atoms with Crippen LogP contribution in [0, 0.1) is 35.5 Å². The summed E-state index contributed by atoms with van der Waals surface area (Å²) in [6.07, 6.45) is -8.16. The number of amides is 1. The summed E-state index contributed by atoms with van der Waals surface area (Å²) in [6.45, 7) is 9.67. The van der Waals surface area contributed by atoms with E-state index in [0.717, 1.165) is 10.5 Å². The number of nitrogens with zero attached hydrogens (tertiary/aromatic N) is 1. The number of hydrogen-bond donors (Lipinski definition) is 9. The predicted molar refractivity (Wildman–Crippen MR) is 317 cm³/mol. The molecular weight excluding hydrogens is 1180 g/mol. The highest BCUT2D eigenvalue weighted by Gasteiger charge is 2.56. The van der Waals surface area contributed by atoms with Gasteiger partial charge in [-0.05, 0) is 107 Å². The van der Waals surface area contributed by atoms with Gasteiger partial charge >= 0.3 is 12.1 Å². The molecule has 24 atom stereocenters. The molecule has 5 aliphatic heterocycles. The lowest BCUT2D eigenvalue weighted by molar-refractivity contribution is -0.387. The summed E-state index contributed by atoms with van der Waals surface area (Å²) in [5.41, 5.74) is 1.13. The molecule has 6 aliphatic rings. The van der Waals surface area contributed by atoms with Crippen molar-refractivity contribution in [2.75, 3.05) is 47.7 Å². The Kier molecular flexibility index (Phi) is 27.8. The molecule has 6 rings (SSSR count). The number of allylic oxidation sites excluding steroid dienone is 6. The molecule has 2 unspecified atom stereocenters. The van der Waals surface area contributed by atoms with Crippen LogP contribution >= 0.6 is 0 Å². The number of ketones is 3. The average Bonchev–Trinajstić information content (AvgIpc) is 0.836. The Bertz CT molecular complexity index is 2540. The van der Waals surface area contributed by atoms with Crippen molar-refractivity contribution in [3.8, 4) is 0 Å². The topological polar surface area (TPSA) is 380 Å².